The van der Waals surface area contributed by atoms with Crippen molar-refractivity contribution in [1.29, 1.82) is 0 Å². The molecular weight excluding hydrogens is 252 g/mol. The Morgan fingerprint density at radius 3 is 1.45 bits per heavy atom. The molecule has 0 radical (unpaired) electrons. The van der Waals surface area contributed by atoms with Gasteiger partial charge in [-0.3, -0.25) is 0 Å². The molecule has 2 fully saturated rings. The number of benzene rings is 2. The summed E-state index contributed by atoms with van der Waals surface area (Å²) in [7, 11) is 0. The Morgan fingerprint density at radius 1 is 0.800 bits per heavy atom. The fourth-order valence-corrected chi connectivity index (χ4v) is 2.92. The zero-order chi connectivity index (χ0) is 14.0. The second kappa shape index (κ2) is 3.53. The molecule has 2 aliphatic heterocycles. The van der Waals surface area contributed by atoms with E-state index >= 15 is 0 Å². The van der Waals surface area contributed by atoms with Crippen molar-refractivity contribution in [3.8, 4) is 0 Å². The SMILES string of the molecule is CC12OC1(C(c1ccc(N)cc1)c1ccc(N)cc1)O2. The highest BCUT2D eigenvalue weighted by atomic mass is 17.0. The fourth-order valence-electron chi connectivity index (χ4n) is 2.92. The van der Waals surface area contributed by atoms with Crippen molar-refractivity contribution >= 4 is 11.4 Å². The third kappa shape index (κ3) is 1.49. The van der Waals surface area contributed by atoms with E-state index in [4.69, 9.17) is 20.9 Å². The van der Waals surface area contributed by atoms with Crippen LogP contribution < -0.4 is 11.5 Å². The van der Waals surface area contributed by atoms with Crippen LogP contribution in [-0.4, -0.2) is 11.6 Å². The summed E-state index contributed by atoms with van der Waals surface area (Å²) in [6.07, 6.45) is 0. The van der Waals surface area contributed by atoms with Crippen molar-refractivity contribution in [3.63, 3.8) is 0 Å². The van der Waals surface area contributed by atoms with E-state index in [9.17, 15) is 0 Å². The first-order valence-corrected chi connectivity index (χ1v) is 6.65. The standard InChI is InChI=1S/C16H16N2O2/c1-15-16(19-15,20-15)14(10-2-6-12(17)7-3-10)11-4-8-13(18)9-5-11/h2-9,14H,17-18H2,1H3. The molecule has 0 bridgehead atoms. The van der Waals surface area contributed by atoms with Gasteiger partial charge in [0.25, 0.3) is 0 Å². The van der Waals surface area contributed by atoms with E-state index in [0.29, 0.717) is 0 Å². The van der Waals surface area contributed by atoms with E-state index in [1.54, 1.807) is 0 Å². The molecule has 2 saturated heterocycles. The molecule has 0 amide bonds. The second-order valence-corrected chi connectivity index (χ2v) is 5.58. The van der Waals surface area contributed by atoms with Crippen LogP contribution in [0.15, 0.2) is 48.5 Å². The van der Waals surface area contributed by atoms with Gasteiger partial charge in [-0.15, -0.1) is 0 Å². The van der Waals surface area contributed by atoms with Gasteiger partial charge in [0.05, 0.1) is 5.92 Å². The molecular formula is C16H16N2O2. The number of fused-ring (bicyclic) bond motifs is 1. The molecule has 4 nitrogen and oxygen atoms in total. The van der Waals surface area contributed by atoms with Crippen molar-refractivity contribution in [2.45, 2.75) is 24.4 Å². The van der Waals surface area contributed by atoms with Crippen LogP contribution in [0.5, 0.6) is 0 Å². The third-order valence-corrected chi connectivity index (χ3v) is 4.16. The zero-order valence-corrected chi connectivity index (χ0v) is 11.2. The summed E-state index contributed by atoms with van der Waals surface area (Å²) >= 11 is 0. The normalized spacial score (nSPS) is 30.1. The average Bonchev–Trinajstić information content (AvgIpc) is 3.19. The molecule has 0 unspecified atom stereocenters. The van der Waals surface area contributed by atoms with Crippen molar-refractivity contribution in [2.24, 2.45) is 0 Å². The average molecular weight is 268 g/mol. The molecule has 0 spiro atoms. The van der Waals surface area contributed by atoms with Gasteiger partial charge in [0.2, 0.25) is 11.6 Å². The Morgan fingerprint density at radius 2 is 1.15 bits per heavy atom. The molecule has 0 aromatic heterocycles. The molecule has 0 atom stereocenters. The van der Waals surface area contributed by atoms with E-state index in [1.165, 1.54) is 0 Å². The van der Waals surface area contributed by atoms with Crippen LogP contribution in [-0.2, 0) is 9.47 Å². The highest BCUT2D eigenvalue weighted by Crippen LogP contribution is 2.74. The Hall–Kier alpha value is -2.04. The third-order valence-electron chi connectivity index (χ3n) is 4.16. The smallest absolute Gasteiger partial charge is 0.240 e. The Kier molecular flexibility index (Phi) is 2.08. The van der Waals surface area contributed by atoms with E-state index < -0.39 is 11.6 Å². The van der Waals surface area contributed by atoms with E-state index in [2.05, 4.69) is 0 Å². The molecule has 2 aromatic carbocycles. The first-order chi connectivity index (χ1) is 9.54. The zero-order valence-electron chi connectivity index (χ0n) is 11.2. The highest BCUT2D eigenvalue weighted by molar-refractivity contribution is 5.49. The summed E-state index contributed by atoms with van der Waals surface area (Å²) in [5, 5.41) is 0. The van der Waals surface area contributed by atoms with Gasteiger partial charge in [0.1, 0.15) is 0 Å². The van der Waals surface area contributed by atoms with Gasteiger partial charge in [0, 0.05) is 11.4 Å². The Bertz CT molecular complexity index is 612. The fraction of sp³-hybridized carbons (Fsp3) is 0.250. The first kappa shape index (κ1) is 11.8. The van der Waals surface area contributed by atoms with E-state index in [0.717, 1.165) is 22.5 Å². The second-order valence-electron chi connectivity index (χ2n) is 5.58. The van der Waals surface area contributed by atoms with E-state index in [-0.39, 0.29) is 5.92 Å². The number of epoxide rings is 2. The topological polar surface area (TPSA) is 77.1 Å². The minimum absolute atomic E-state index is 0.0358. The van der Waals surface area contributed by atoms with Gasteiger partial charge in [-0.1, -0.05) is 24.3 Å². The minimum atomic E-state index is -0.515. The lowest BCUT2D eigenvalue weighted by molar-refractivity contribution is -0.0943. The molecule has 0 aliphatic carbocycles. The Labute approximate surface area is 117 Å². The Balaban J connectivity index is 1.78. The van der Waals surface area contributed by atoms with Crippen LogP contribution in [0.1, 0.15) is 24.0 Å². The van der Waals surface area contributed by atoms with Gasteiger partial charge in [-0.2, -0.15) is 0 Å². The summed E-state index contributed by atoms with van der Waals surface area (Å²) in [6.45, 7) is 1.97. The molecule has 0 saturated carbocycles. The van der Waals surface area contributed by atoms with Crippen molar-refractivity contribution < 1.29 is 9.47 Å². The number of nitrogens with two attached hydrogens (primary N) is 2. The summed E-state index contributed by atoms with van der Waals surface area (Å²) < 4.78 is 11.5. The van der Waals surface area contributed by atoms with Crippen LogP contribution in [0.25, 0.3) is 0 Å². The van der Waals surface area contributed by atoms with Crippen LogP contribution in [0, 0.1) is 0 Å². The molecule has 20 heavy (non-hydrogen) atoms. The molecule has 2 aliphatic rings. The quantitative estimate of drug-likeness (QED) is 0.662. The first-order valence-electron chi connectivity index (χ1n) is 6.65. The molecule has 4 rings (SSSR count). The van der Waals surface area contributed by atoms with Crippen molar-refractivity contribution in [1.82, 2.24) is 0 Å². The summed E-state index contributed by atoms with van der Waals surface area (Å²) in [5.41, 5.74) is 15.3. The maximum absolute atomic E-state index is 5.77. The maximum atomic E-state index is 5.77. The lowest BCUT2D eigenvalue weighted by Gasteiger charge is -2.18. The predicted molar refractivity (Wildman–Crippen MR) is 76.9 cm³/mol. The molecule has 2 heterocycles. The van der Waals surface area contributed by atoms with E-state index in [1.807, 2.05) is 55.5 Å². The monoisotopic (exact) mass is 268 g/mol. The molecule has 102 valence electrons. The van der Waals surface area contributed by atoms with Gasteiger partial charge in [-0.05, 0) is 42.3 Å². The number of rotatable bonds is 3. The number of hydrogen-bond acceptors (Lipinski definition) is 4. The van der Waals surface area contributed by atoms with Gasteiger partial charge in [-0.25, -0.2) is 0 Å². The van der Waals surface area contributed by atoms with Gasteiger partial charge < -0.3 is 20.9 Å². The van der Waals surface area contributed by atoms with Crippen LogP contribution in [0.4, 0.5) is 11.4 Å². The van der Waals surface area contributed by atoms with Crippen LogP contribution in [0.3, 0.4) is 0 Å². The van der Waals surface area contributed by atoms with Gasteiger partial charge in [0.15, 0.2) is 0 Å². The molecule has 4 heteroatoms. The summed E-state index contributed by atoms with van der Waals surface area (Å²) in [5.74, 6) is -0.909. The van der Waals surface area contributed by atoms with Crippen molar-refractivity contribution in [2.75, 3.05) is 11.5 Å². The number of ether oxygens (including phenoxy) is 2. The van der Waals surface area contributed by atoms with Crippen LogP contribution >= 0.6 is 0 Å². The number of anilines is 2. The summed E-state index contributed by atoms with van der Waals surface area (Å²) in [6, 6.07) is 15.7. The number of hydrogen-bond donors (Lipinski definition) is 2. The number of nitrogen functional groups attached to an aromatic ring is 2. The minimum Gasteiger partial charge on any atom is -0.399 e. The summed E-state index contributed by atoms with van der Waals surface area (Å²) in [4.78, 5) is 0. The molecule has 4 N–H and O–H groups in total. The van der Waals surface area contributed by atoms with Crippen LogP contribution in [0.2, 0.25) is 0 Å². The lowest BCUT2D eigenvalue weighted by Crippen LogP contribution is -2.15. The maximum Gasteiger partial charge on any atom is 0.240 e. The van der Waals surface area contributed by atoms with Crippen molar-refractivity contribution in [3.05, 3.63) is 59.7 Å². The lowest BCUT2D eigenvalue weighted by atomic mass is 9.87. The highest BCUT2D eigenvalue weighted by Gasteiger charge is 2.91. The van der Waals surface area contributed by atoms with Gasteiger partial charge >= 0.3 is 0 Å². The molecule has 2 aromatic rings. The largest absolute Gasteiger partial charge is 0.399 e. The predicted octanol–water partition coefficient (Wildman–Crippen LogP) is 2.46.